The highest BCUT2D eigenvalue weighted by atomic mass is 16.3. The Hall–Kier alpha value is -2.58. The Morgan fingerprint density at radius 1 is 1.27 bits per heavy atom. The molecule has 3 aromatic rings. The van der Waals surface area contributed by atoms with Gasteiger partial charge in [0, 0.05) is 23.7 Å². The molecule has 0 saturated heterocycles. The Morgan fingerprint density at radius 2 is 2.23 bits per heavy atom. The van der Waals surface area contributed by atoms with Gasteiger partial charge in [0.1, 0.15) is 12.0 Å². The Labute approximate surface area is 126 Å². The van der Waals surface area contributed by atoms with Gasteiger partial charge in [-0.1, -0.05) is 12.1 Å². The van der Waals surface area contributed by atoms with Crippen LogP contribution in [0.25, 0.3) is 22.3 Å². The molecule has 8 nitrogen and oxygen atoms in total. The molecule has 0 aliphatic carbocycles. The van der Waals surface area contributed by atoms with E-state index in [4.69, 9.17) is 5.11 Å². The van der Waals surface area contributed by atoms with E-state index in [1.165, 1.54) is 6.33 Å². The number of hydrazine groups is 1. The summed E-state index contributed by atoms with van der Waals surface area (Å²) in [6.07, 6.45) is 2.27. The Kier molecular flexibility index (Phi) is 3.17. The number of hydrogen-bond acceptors (Lipinski definition) is 7. The second kappa shape index (κ2) is 5.32. The van der Waals surface area contributed by atoms with Crippen molar-refractivity contribution < 1.29 is 5.11 Å². The van der Waals surface area contributed by atoms with Gasteiger partial charge in [0.25, 0.3) is 0 Å². The number of hydrogen-bond donors (Lipinski definition) is 3. The van der Waals surface area contributed by atoms with Crippen LogP contribution in [-0.2, 0) is 13.0 Å². The first-order valence-electron chi connectivity index (χ1n) is 7.14. The van der Waals surface area contributed by atoms with Crippen molar-refractivity contribution in [1.82, 2.24) is 30.4 Å². The molecule has 8 heteroatoms. The molecule has 0 unspecified atom stereocenters. The van der Waals surface area contributed by atoms with E-state index < -0.39 is 0 Å². The van der Waals surface area contributed by atoms with Crippen molar-refractivity contribution >= 4 is 16.5 Å². The maximum Gasteiger partial charge on any atom is 0.179 e. The van der Waals surface area contributed by atoms with E-state index in [1.807, 2.05) is 18.2 Å². The van der Waals surface area contributed by atoms with Crippen LogP contribution in [0.4, 0.5) is 5.69 Å². The molecule has 0 radical (unpaired) electrons. The molecule has 112 valence electrons. The molecular formula is C14H15N7O. The van der Waals surface area contributed by atoms with Gasteiger partial charge in [-0.2, -0.15) is 10.2 Å². The van der Waals surface area contributed by atoms with Gasteiger partial charge in [0.2, 0.25) is 0 Å². The van der Waals surface area contributed by atoms with Crippen molar-refractivity contribution in [3.63, 3.8) is 0 Å². The van der Waals surface area contributed by atoms with Gasteiger partial charge in [0.05, 0.1) is 24.5 Å². The average molecular weight is 297 g/mol. The van der Waals surface area contributed by atoms with E-state index >= 15 is 0 Å². The average Bonchev–Trinajstić information content (AvgIpc) is 2.89. The van der Waals surface area contributed by atoms with Crippen LogP contribution in [0.5, 0.6) is 0 Å². The molecule has 0 amide bonds. The standard InChI is InChI=1S/C14H15N7O/c22-7-6-21-14(15-8-17-21)13-9-2-1-3-10-12(9)11(19-20-13)4-5-16-18-10/h1-3,8,16,18,22H,4-7H2. The van der Waals surface area contributed by atoms with Crippen LogP contribution >= 0.6 is 0 Å². The molecule has 0 atom stereocenters. The topological polar surface area (TPSA) is 101 Å². The van der Waals surface area contributed by atoms with Crippen molar-refractivity contribution in [1.29, 1.82) is 0 Å². The number of benzene rings is 1. The second-order valence-corrected chi connectivity index (χ2v) is 5.06. The summed E-state index contributed by atoms with van der Waals surface area (Å²) in [5.41, 5.74) is 8.97. The molecule has 2 aromatic heterocycles. The smallest absolute Gasteiger partial charge is 0.179 e. The minimum atomic E-state index is -0.00344. The van der Waals surface area contributed by atoms with Crippen molar-refractivity contribution in [2.24, 2.45) is 0 Å². The zero-order valence-electron chi connectivity index (χ0n) is 11.8. The summed E-state index contributed by atoms with van der Waals surface area (Å²) in [5, 5.41) is 24.1. The maximum absolute atomic E-state index is 9.15. The minimum Gasteiger partial charge on any atom is -0.394 e. The van der Waals surface area contributed by atoms with Gasteiger partial charge >= 0.3 is 0 Å². The third-order valence-corrected chi connectivity index (χ3v) is 3.73. The van der Waals surface area contributed by atoms with Crippen LogP contribution < -0.4 is 10.9 Å². The Balaban J connectivity index is 1.98. The van der Waals surface area contributed by atoms with E-state index in [0.717, 1.165) is 35.1 Å². The highest BCUT2D eigenvalue weighted by Crippen LogP contribution is 2.32. The van der Waals surface area contributed by atoms with Crippen LogP contribution in [0.2, 0.25) is 0 Å². The number of anilines is 1. The fourth-order valence-corrected chi connectivity index (χ4v) is 2.76. The van der Waals surface area contributed by atoms with E-state index in [0.29, 0.717) is 18.1 Å². The first kappa shape index (κ1) is 13.1. The van der Waals surface area contributed by atoms with Gasteiger partial charge in [0.15, 0.2) is 5.82 Å². The molecular weight excluding hydrogens is 282 g/mol. The molecule has 1 aliphatic rings. The van der Waals surface area contributed by atoms with E-state index in [1.54, 1.807) is 4.68 Å². The normalized spacial score (nSPS) is 13.9. The van der Waals surface area contributed by atoms with Crippen molar-refractivity contribution in [3.8, 4) is 11.5 Å². The molecule has 0 spiro atoms. The first-order valence-corrected chi connectivity index (χ1v) is 7.14. The van der Waals surface area contributed by atoms with Gasteiger partial charge in [-0.15, -0.1) is 5.10 Å². The first-order chi connectivity index (χ1) is 10.9. The molecule has 0 saturated carbocycles. The zero-order valence-corrected chi connectivity index (χ0v) is 11.8. The lowest BCUT2D eigenvalue weighted by atomic mass is 10.0. The third kappa shape index (κ3) is 2.00. The molecule has 3 heterocycles. The van der Waals surface area contributed by atoms with E-state index in [-0.39, 0.29) is 6.61 Å². The maximum atomic E-state index is 9.15. The number of aliphatic hydroxyl groups excluding tert-OH is 1. The number of aliphatic hydroxyl groups is 1. The lowest BCUT2D eigenvalue weighted by molar-refractivity contribution is 0.270. The lowest BCUT2D eigenvalue weighted by Gasteiger charge is -2.11. The number of aromatic nitrogens is 5. The molecule has 3 N–H and O–H groups in total. The summed E-state index contributed by atoms with van der Waals surface area (Å²) in [6, 6.07) is 5.99. The number of nitrogens with zero attached hydrogens (tertiary/aromatic N) is 5. The summed E-state index contributed by atoms with van der Waals surface area (Å²) in [5.74, 6) is 0.613. The molecule has 1 aromatic carbocycles. The second-order valence-electron chi connectivity index (χ2n) is 5.06. The van der Waals surface area contributed by atoms with E-state index in [9.17, 15) is 0 Å². The largest absolute Gasteiger partial charge is 0.394 e. The van der Waals surface area contributed by atoms with Crippen molar-refractivity contribution in [3.05, 3.63) is 30.2 Å². The molecule has 22 heavy (non-hydrogen) atoms. The SMILES string of the molecule is OCCn1ncnc1-c1nnc2c3c(cccc13)NNCC2. The van der Waals surface area contributed by atoms with Crippen LogP contribution in [0, 0.1) is 0 Å². The van der Waals surface area contributed by atoms with Gasteiger partial charge in [-0.3, -0.25) is 0 Å². The summed E-state index contributed by atoms with van der Waals surface area (Å²) in [4.78, 5) is 4.28. The third-order valence-electron chi connectivity index (χ3n) is 3.73. The zero-order chi connectivity index (χ0) is 14.9. The predicted octanol–water partition coefficient (Wildman–Crippen LogP) is 0.353. The van der Waals surface area contributed by atoms with Crippen molar-refractivity contribution in [2.45, 2.75) is 13.0 Å². The quantitative estimate of drug-likeness (QED) is 0.641. The highest BCUT2D eigenvalue weighted by Gasteiger charge is 2.19. The van der Waals surface area contributed by atoms with Gasteiger partial charge in [-0.25, -0.2) is 15.1 Å². The number of rotatable bonds is 3. The Morgan fingerprint density at radius 3 is 3.14 bits per heavy atom. The van der Waals surface area contributed by atoms with Crippen LogP contribution in [-0.4, -0.2) is 43.2 Å². The van der Waals surface area contributed by atoms with Crippen LogP contribution in [0.15, 0.2) is 24.5 Å². The molecule has 1 aliphatic heterocycles. The minimum absolute atomic E-state index is 0.00344. The summed E-state index contributed by atoms with van der Waals surface area (Å²) in [7, 11) is 0. The molecule has 0 fully saturated rings. The lowest BCUT2D eigenvalue weighted by Crippen LogP contribution is -2.21. The number of nitrogens with one attached hydrogen (secondary N) is 2. The predicted molar refractivity (Wildman–Crippen MR) is 81.0 cm³/mol. The summed E-state index contributed by atoms with van der Waals surface area (Å²) in [6.45, 7) is 1.16. The highest BCUT2D eigenvalue weighted by molar-refractivity contribution is 6.02. The van der Waals surface area contributed by atoms with Gasteiger partial charge in [-0.05, 0) is 6.07 Å². The molecule has 4 rings (SSSR count). The van der Waals surface area contributed by atoms with E-state index in [2.05, 4.69) is 31.1 Å². The fraction of sp³-hybridized carbons (Fsp3) is 0.286. The summed E-state index contributed by atoms with van der Waals surface area (Å²) < 4.78 is 1.64. The van der Waals surface area contributed by atoms with Crippen molar-refractivity contribution in [2.75, 3.05) is 18.6 Å². The summed E-state index contributed by atoms with van der Waals surface area (Å²) >= 11 is 0. The fourth-order valence-electron chi connectivity index (χ4n) is 2.76. The van der Waals surface area contributed by atoms with Crippen LogP contribution in [0.1, 0.15) is 5.69 Å². The molecule has 0 bridgehead atoms. The Bertz CT molecular complexity index is 817. The monoisotopic (exact) mass is 297 g/mol. The van der Waals surface area contributed by atoms with Gasteiger partial charge < -0.3 is 10.5 Å². The van der Waals surface area contributed by atoms with Crippen LogP contribution in [0.3, 0.4) is 0 Å².